The highest BCUT2D eigenvalue weighted by Crippen LogP contribution is 2.38. The van der Waals surface area contributed by atoms with Crippen LogP contribution in [0.5, 0.6) is 0 Å². The van der Waals surface area contributed by atoms with E-state index in [1.807, 2.05) is 6.92 Å². The average molecular weight is 235 g/mol. The van der Waals surface area contributed by atoms with Crippen LogP contribution in [0.3, 0.4) is 0 Å². The third-order valence-electron chi connectivity index (χ3n) is 3.69. The van der Waals surface area contributed by atoms with E-state index in [-0.39, 0.29) is 29.9 Å². The highest BCUT2D eigenvalue weighted by molar-refractivity contribution is 5.86. The van der Waals surface area contributed by atoms with Crippen LogP contribution < -0.4 is 0 Å². The van der Waals surface area contributed by atoms with Gasteiger partial charge in [-0.05, 0) is 6.07 Å². The Hall–Kier alpha value is -1.78. The fourth-order valence-corrected chi connectivity index (χ4v) is 2.62. The Labute approximate surface area is 98.3 Å². The van der Waals surface area contributed by atoms with E-state index < -0.39 is 0 Å². The number of nitrogens with zero attached hydrogens (tertiary/aromatic N) is 1. The molecule has 1 amide bonds. The molecule has 5 nitrogen and oxygen atoms in total. The van der Waals surface area contributed by atoms with Gasteiger partial charge in [-0.3, -0.25) is 9.69 Å². The molecule has 3 heterocycles. The third-order valence-corrected chi connectivity index (χ3v) is 3.69. The number of piperidine rings is 1. The lowest BCUT2D eigenvalue weighted by Crippen LogP contribution is -2.48. The number of hydrogen-bond acceptors (Lipinski definition) is 4. The lowest BCUT2D eigenvalue weighted by Gasteiger charge is -2.37. The Balaban J connectivity index is 1.98. The molecule has 0 unspecified atom stereocenters. The Morgan fingerprint density at radius 3 is 2.94 bits per heavy atom. The minimum Gasteiger partial charge on any atom is -0.472 e. The topological polar surface area (TPSA) is 59.8 Å². The first-order chi connectivity index (χ1) is 8.18. The molecule has 2 fully saturated rings. The second-order valence-electron chi connectivity index (χ2n) is 4.58. The maximum Gasteiger partial charge on any atom is 0.410 e. The molecule has 0 bridgehead atoms. The first-order valence-corrected chi connectivity index (χ1v) is 5.68. The number of carbonyl (C=O) groups is 2. The van der Waals surface area contributed by atoms with Crippen LogP contribution in [-0.4, -0.2) is 29.4 Å². The second-order valence-corrected chi connectivity index (χ2v) is 4.58. The van der Waals surface area contributed by atoms with E-state index in [9.17, 15) is 9.59 Å². The number of ketones is 1. The van der Waals surface area contributed by atoms with E-state index in [0.29, 0.717) is 13.0 Å². The molecule has 3 atom stereocenters. The van der Waals surface area contributed by atoms with E-state index in [2.05, 4.69) is 0 Å². The molecule has 2 aliphatic rings. The molecule has 0 spiro atoms. The third kappa shape index (κ3) is 1.45. The van der Waals surface area contributed by atoms with Crippen molar-refractivity contribution < 1.29 is 18.7 Å². The number of carbonyl (C=O) groups excluding carboxylic acids is 2. The molecule has 0 radical (unpaired) electrons. The van der Waals surface area contributed by atoms with Crippen molar-refractivity contribution in [3.05, 3.63) is 24.2 Å². The van der Waals surface area contributed by atoms with Crippen LogP contribution in [0.1, 0.15) is 24.9 Å². The van der Waals surface area contributed by atoms with Crippen LogP contribution >= 0.6 is 0 Å². The van der Waals surface area contributed by atoms with Crippen LogP contribution in [-0.2, 0) is 9.53 Å². The summed E-state index contributed by atoms with van der Waals surface area (Å²) < 4.78 is 10.1. The summed E-state index contributed by atoms with van der Waals surface area (Å²) in [7, 11) is 0. The van der Waals surface area contributed by atoms with Gasteiger partial charge in [0.15, 0.2) is 0 Å². The number of rotatable bonds is 1. The lowest BCUT2D eigenvalue weighted by atomic mass is 9.85. The molecule has 90 valence electrons. The summed E-state index contributed by atoms with van der Waals surface area (Å²) in [5, 5.41) is 0. The monoisotopic (exact) mass is 235 g/mol. The molecule has 1 aromatic heterocycles. The van der Waals surface area contributed by atoms with Crippen molar-refractivity contribution in [3.8, 4) is 0 Å². The predicted octanol–water partition coefficient (Wildman–Crippen LogP) is 1.75. The molecule has 0 saturated carbocycles. The lowest BCUT2D eigenvalue weighted by molar-refractivity contribution is -0.128. The number of fused-ring (bicyclic) bond motifs is 1. The van der Waals surface area contributed by atoms with Gasteiger partial charge in [-0.15, -0.1) is 0 Å². The maximum atomic E-state index is 11.9. The average Bonchev–Trinajstić information content (AvgIpc) is 2.93. The van der Waals surface area contributed by atoms with Gasteiger partial charge in [-0.25, -0.2) is 4.79 Å². The van der Waals surface area contributed by atoms with Gasteiger partial charge in [-0.2, -0.15) is 0 Å². The predicted molar refractivity (Wildman–Crippen MR) is 57.2 cm³/mol. The molecule has 5 heteroatoms. The first kappa shape index (κ1) is 10.4. The molecule has 2 aliphatic heterocycles. The quantitative estimate of drug-likeness (QED) is 0.744. The van der Waals surface area contributed by atoms with Crippen molar-refractivity contribution in [2.75, 3.05) is 6.61 Å². The summed E-state index contributed by atoms with van der Waals surface area (Å²) in [4.78, 5) is 25.3. The number of cyclic esters (lactones) is 1. The van der Waals surface area contributed by atoms with Crippen LogP contribution in [0.2, 0.25) is 0 Å². The molecule has 2 saturated heterocycles. The summed E-state index contributed by atoms with van der Waals surface area (Å²) in [6.45, 7) is 2.16. The first-order valence-electron chi connectivity index (χ1n) is 5.68. The zero-order valence-corrected chi connectivity index (χ0v) is 9.46. The normalized spacial score (nSPS) is 32.5. The van der Waals surface area contributed by atoms with Gasteiger partial charge in [0, 0.05) is 17.9 Å². The highest BCUT2D eigenvalue weighted by atomic mass is 16.6. The summed E-state index contributed by atoms with van der Waals surface area (Å²) in [5.74, 6) is 0.0281. The molecular weight excluding hydrogens is 222 g/mol. The van der Waals surface area contributed by atoms with Crippen molar-refractivity contribution in [1.82, 2.24) is 4.90 Å². The highest BCUT2D eigenvalue weighted by Gasteiger charge is 2.48. The van der Waals surface area contributed by atoms with Gasteiger partial charge in [0.25, 0.3) is 0 Å². The SMILES string of the molecule is C[C@@H]1C(=O)C[C@@H](c2ccoc2)N2C(=O)OC[C@@H]12. The smallest absolute Gasteiger partial charge is 0.410 e. The fourth-order valence-electron chi connectivity index (χ4n) is 2.62. The fraction of sp³-hybridized carbons (Fsp3) is 0.500. The maximum absolute atomic E-state index is 11.9. The Morgan fingerprint density at radius 1 is 1.41 bits per heavy atom. The molecular formula is C12H13NO4. The molecule has 3 rings (SSSR count). The van der Waals surface area contributed by atoms with Gasteiger partial charge >= 0.3 is 6.09 Å². The molecule has 0 aromatic carbocycles. The zero-order valence-electron chi connectivity index (χ0n) is 9.46. The van der Waals surface area contributed by atoms with E-state index in [1.54, 1.807) is 23.5 Å². The molecule has 17 heavy (non-hydrogen) atoms. The number of amides is 1. The standard InChI is InChI=1S/C12H13NO4/c1-7-10-6-17-12(15)13(10)9(4-11(7)14)8-2-3-16-5-8/h2-3,5,7,9-10H,4,6H2,1H3/t7-,9-,10-/m0/s1. The Morgan fingerprint density at radius 2 is 2.24 bits per heavy atom. The summed E-state index contributed by atoms with van der Waals surface area (Å²) >= 11 is 0. The van der Waals surface area contributed by atoms with Gasteiger partial charge in [-0.1, -0.05) is 6.92 Å². The van der Waals surface area contributed by atoms with Crippen molar-refractivity contribution in [2.24, 2.45) is 5.92 Å². The van der Waals surface area contributed by atoms with Crippen molar-refractivity contribution in [2.45, 2.75) is 25.4 Å². The Bertz CT molecular complexity index is 451. The largest absolute Gasteiger partial charge is 0.472 e. The molecule has 1 aromatic rings. The summed E-state index contributed by atoms with van der Waals surface area (Å²) in [6.07, 6.45) is 3.14. The van der Waals surface area contributed by atoms with E-state index in [0.717, 1.165) is 5.56 Å². The van der Waals surface area contributed by atoms with Gasteiger partial charge in [0.1, 0.15) is 12.4 Å². The van der Waals surface area contributed by atoms with Crippen molar-refractivity contribution >= 4 is 11.9 Å². The number of hydrogen-bond donors (Lipinski definition) is 0. The van der Waals surface area contributed by atoms with Gasteiger partial charge in [0.05, 0.1) is 24.6 Å². The van der Waals surface area contributed by atoms with Crippen molar-refractivity contribution in [1.29, 1.82) is 0 Å². The molecule has 0 N–H and O–H groups in total. The summed E-state index contributed by atoms with van der Waals surface area (Å²) in [6, 6.07) is 1.41. The van der Waals surface area contributed by atoms with E-state index in [1.165, 1.54) is 0 Å². The van der Waals surface area contributed by atoms with E-state index in [4.69, 9.17) is 9.15 Å². The number of furan rings is 1. The number of Topliss-reactive ketones (excluding diaryl/α,β-unsaturated/α-hetero) is 1. The zero-order chi connectivity index (χ0) is 12.0. The van der Waals surface area contributed by atoms with Crippen molar-refractivity contribution in [3.63, 3.8) is 0 Å². The van der Waals surface area contributed by atoms with Gasteiger partial charge < -0.3 is 9.15 Å². The molecule has 0 aliphatic carbocycles. The number of ether oxygens (including phenoxy) is 1. The van der Waals surface area contributed by atoms with Crippen LogP contribution in [0.15, 0.2) is 23.0 Å². The van der Waals surface area contributed by atoms with Crippen LogP contribution in [0.4, 0.5) is 4.79 Å². The Kier molecular flexibility index (Phi) is 2.21. The summed E-state index contributed by atoms with van der Waals surface area (Å²) in [5.41, 5.74) is 0.856. The second kappa shape index (κ2) is 3.61. The van der Waals surface area contributed by atoms with Crippen LogP contribution in [0.25, 0.3) is 0 Å². The minimum atomic E-state index is -0.333. The van der Waals surface area contributed by atoms with Crippen LogP contribution in [0, 0.1) is 5.92 Å². The van der Waals surface area contributed by atoms with Gasteiger partial charge in [0.2, 0.25) is 0 Å². The van der Waals surface area contributed by atoms with E-state index >= 15 is 0 Å². The minimum absolute atomic E-state index is 0.136.